The Balaban J connectivity index is 2.31. The number of halogens is 1. The summed E-state index contributed by atoms with van der Waals surface area (Å²) >= 11 is 6.35. The molecule has 3 rings (SSSR count). The van der Waals surface area contributed by atoms with Crippen LogP contribution in [0.2, 0.25) is 0 Å². The molecule has 1 aromatic carbocycles. The van der Waals surface area contributed by atoms with Gasteiger partial charge in [0.25, 0.3) is 0 Å². The Bertz CT molecular complexity index is 631. The lowest BCUT2D eigenvalue weighted by Crippen LogP contribution is -2.27. The highest BCUT2D eigenvalue weighted by molar-refractivity contribution is 6.47. The molecule has 3 heteroatoms. The van der Waals surface area contributed by atoms with Gasteiger partial charge in [0.2, 0.25) is 0 Å². The monoisotopic (exact) mass is 262 g/mol. The number of hydrogen-bond donors (Lipinski definition) is 0. The van der Waals surface area contributed by atoms with Gasteiger partial charge in [-0.3, -0.25) is 0 Å². The number of fused-ring (bicyclic) bond motifs is 2. The Kier molecular flexibility index (Phi) is 2.83. The molecule has 1 saturated carbocycles. The molecule has 0 bridgehead atoms. The van der Waals surface area contributed by atoms with Crippen molar-refractivity contribution in [1.82, 2.24) is 0 Å². The van der Waals surface area contributed by atoms with Crippen LogP contribution in [0.25, 0.3) is 11.1 Å². The van der Waals surface area contributed by atoms with Gasteiger partial charge in [-0.05, 0) is 41.7 Å². The first-order valence-corrected chi connectivity index (χ1v) is 6.42. The van der Waals surface area contributed by atoms with E-state index < -0.39 is 0 Å². The third-order valence-corrected chi connectivity index (χ3v) is 3.92. The van der Waals surface area contributed by atoms with Crippen LogP contribution >= 0.6 is 11.6 Å². The van der Waals surface area contributed by atoms with Gasteiger partial charge < -0.3 is 9.47 Å². The summed E-state index contributed by atoms with van der Waals surface area (Å²) in [5.41, 5.74) is 0. The van der Waals surface area contributed by atoms with Crippen molar-refractivity contribution in [2.45, 2.75) is 6.42 Å². The predicted octanol–water partition coefficient (Wildman–Crippen LogP) is 2.04. The van der Waals surface area contributed by atoms with Crippen molar-refractivity contribution in [3.8, 4) is 11.5 Å². The van der Waals surface area contributed by atoms with Crippen LogP contribution in [0.4, 0.5) is 0 Å². The molecule has 0 radical (unpaired) electrons. The van der Waals surface area contributed by atoms with E-state index in [2.05, 4.69) is 12.2 Å². The molecule has 2 aliphatic rings. The van der Waals surface area contributed by atoms with Crippen molar-refractivity contribution in [3.63, 3.8) is 0 Å². The molecule has 2 aliphatic carbocycles. The lowest BCUT2D eigenvalue weighted by molar-refractivity contribution is 0.354. The molecule has 0 aliphatic heterocycles. The first-order valence-electron chi connectivity index (χ1n) is 6.05. The molecule has 0 saturated heterocycles. The second-order valence-corrected chi connectivity index (χ2v) is 5.14. The highest BCUT2D eigenvalue weighted by atomic mass is 35.5. The van der Waals surface area contributed by atoms with E-state index in [9.17, 15) is 0 Å². The maximum atomic E-state index is 6.35. The SMILES string of the molecule is COc1cc2/c(cc1OC)=C(Cl)\C=C\C1CC1\C=2. The number of methoxy groups -OCH3 is 2. The second kappa shape index (κ2) is 4.36. The van der Waals surface area contributed by atoms with Crippen LogP contribution in [0.15, 0.2) is 24.3 Å². The molecule has 18 heavy (non-hydrogen) atoms. The summed E-state index contributed by atoms with van der Waals surface area (Å²) in [5.74, 6) is 2.76. The van der Waals surface area contributed by atoms with E-state index in [0.717, 1.165) is 21.2 Å². The van der Waals surface area contributed by atoms with Gasteiger partial charge in [-0.25, -0.2) is 0 Å². The van der Waals surface area contributed by atoms with Crippen LogP contribution in [0.5, 0.6) is 11.5 Å². The van der Waals surface area contributed by atoms with Gasteiger partial charge in [0.1, 0.15) is 0 Å². The molecule has 2 unspecified atom stereocenters. The fourth-order valence-corrected chi connectivity index (χ4v) is 2.65. The molecular formula is C15H15ClO2. The average molecular weight is 263 g/mol. The van der Waals surface area contributed by atoms with Crippen molar-refractivity contribution in [1.29, 1.82) is 0 Å². The number of ether oxygens (including phenoxy) is 2. The smallest absolute Gasteiger partial charge is 0.161 e. The first-order chi connectivity index (χ1) is 8.72. The van der Waals surface area contributed by atoms with E-state index in [1.807, 2.05) is 18.2 Å². The highest BCUT2D eigenvalue weighted by Gasteiger charge is 2.33. The number of benzene rings is 1. The Morgan fingerprint density at radius 1 is 1.11 bits per heavy atom. The molecule has 0 amide bonds. The third kappa shape index (κ3) is 1.91. The molecule has 2 atom stereocenters. The quantitative estimate of drug-likeness (QED) is 0.812. The van der Waals surface area contributed by atoms with Gasteiger partial charge in [0.15, 0.2) is 11.5 Å². The molecule has 2 nitrogen and oxygen atoms in total. The zero-order chi connectivity index (χ0) is 12.7. The van der Waals surface area contributed by atoms with Crippen LogP contribution in [-0.4, -0.2) is 14.2 Å². The van der Waals surface area contributed by atoms with Crippen molar-refractivity contribution in [3.05, 3.63) is 34.7 Å². The summed E-state index contributed by atoms with van der Waals surface area (Å²) in [7, 11) is 3.29. The van der Waals surface area contributed by atoms with E-state index in [4.69, 9.17) is 21.1 Å². The molecule has 0 spiro atoms. The van der Waals surface area contributed by atoms with E-state index in [1.165, 1.54) is 6.42 Å². The Hall–Kier alpha value is -1.41. The largest absolute Gasteiger partial charge is 0.493 e. The topological polar surface area (TPSA) is 18.5 Å². The Labute approximate surface area is 111 Å². The maximum Gasteiger partial charge on any atom is 0.161 e. The van der Waals surface area contributed by atoms with Gasteiger partial charge in [-0.15, -0.1) is 0 Å². The van der Waals surface area contributed by atoms with Gasteiger partial charge in [-0.2, -0.15) is 0 Å². The van der Waals surface area contributed by atoms with E-state index in [-0.39, 0.29) is 0 Å². The number of rotatable bonds is 2. The summed E-state index contributed by atoms with van der Waals surface area (Å²) in [6, 6.07) is 3.95. The zero-order valence-electron chi connectivity index (χ0n) is 10.4. The highest BCUT2D eigenvalue weighted by Crippen LogP contribution is 2.41. The second-order valence-electron chi connectivity index (χ2n) is 4.73. The molecule has 0 N–H and O–H groups in total. The summed E-state index contributed by atoms with van der Waals surface area (Å²) in [6.07, 6.45) is 7.70. The summed E-state index contributed by atoms with van der Waals surface area (Å²) in [5, 5.41) is 2.90. The standard InChI is InChI=1S/C15H15ClO2/c1-17-14-7-11-6-10-5-9(10)3-4-13(16)12(11)8-15(14)18-2/h3-4,6-10H,5H2,1-2H3/b4-3+,11-6-,13-12+. The van der Waals surface area contributed by atoms with Gasteiger partial charge >= 0.3 is 0 Å². The Morgan fingerprint density at radius 2 is 1.83 bits per heavy atom. The van der Waals surface area contributed by atoms with Crippen molar-refractivity contribution in [2.75, 3.05) is 14.2 Å². The Morgan fingerprint density at radius 3 is 2.56 bits per heavy atom. The van der Waals surface area contributed by atoms with E-state index >= 15 is 0 Å². The molecule has 1 aromatic rings. The van der Waals surface area contributed by atoms with Crippen LogP contribution in [0, 0.1) is 11.8 Å². The van der Waals surface area contributed by atoms with Crippen molar-refractivity contribution >= 4 is 22.7 Å². The number of allylic oxidation sites excluding steroid dienone is 2. The van der Waals surface area contributed by atoms with Crippen LogP contribution in [0.1, 0.15) is 6.42 Å². The fraction of sp³-hybridized carbons (Fsp3) is 0.333. The van der Waals surface area contributed by atoms with Gasteiger partial charge in [-0.1, -0.05) is 23.8 Å². The summed E-state index contributed by atoms with van der Waals surface area (Å²) < 4.78 is 10.7. The van der Waals surface area contributed by atoms with E-state index in [0.29, 0.717) is 17.6 Å². The zero-order valence-corrected chi connectivity index (χ0v) is 11.2. The minimum Gasteiger partial charge on any atom is -0.493 e. The molecule has 0 heterocycles. The van der Waals surface area contributed by atoms with Crippen LogP contribution < -0.4 is 19.9 Å². The molecule has 1 fully saturated rings. The van der Waals surface area contributed by atoms with Crippen LogP contribution in [0.3, 0.4) is 0 Å². The summed E-state index contributed by atoms with van der Waals surface area (Å²) in [6.45, 7) is 0. The van der Waals surface area contributed by atoms with Crippen molar-refractivity contribution in [2.24, 2.45) is 11.8 Å². The van der Waals surface area contributed by atoms with E-state index in [1.54, 1.807) is 14.2 Å². The molecule has 94 valence electrons. The summed E-state index contributed by atoms with van der Waals surface area (Å²) in [4.78, 5) is 0. The minimum atomic E-state index is 0.642. The maximum absolute atomic E-state index is 6.35. The molecular weight excluding hydrogens is 248 g/mol. The van der Waals surface area contributed by atoms with Gasteiger partial charge in [0.05, 0.1) is 14.2 Å². The number of hydrogen-bond acceptors (Lipinski definition) is 2. The third-order valence-electron chi connectivity index (χ3n) is 3.59. The van der Waals surface area contributed by atoms with Gasteiger partial charge in [0, 0.05) is 10.3 Å². The van der Waals surface area contributed by atoms with Crippen LogP contribution in [-0.2, 0) is 0 Å². The predicted molar refractivity (Wildman–Crippen MR) is 73.3 cm³/mol. The van der Waals surface area contributed by atoms with Crippen molar-refractivity contribution < 1.29 is 9.47 Å². The first kappa shape index (κ1) is 11.7. The lowest BCUT2D eigenvalue weighted by Gasteiger charge is -2.08. The average Bonchev–Trinajstić information content (AvgIpc) is 3.11. The minimum absolute atomic E-state index is 0.642. The fourth-order valence-electron chi connectivity index (χ4n) is 2.42. The normalized spacial score (nSPS) is 30.9. The lowest BCUT2D eigenvalue weighted by atomic mass is 10.1. The molecule has 0 aromatic heterocycles.